The Labute approximate surface area is 135 Å². The minimum absolute atomic E-state index is 0.584. The molecule has 0 spiro atoms. The van der Waals surface area contributed by atoms with Crippen molar-refractivity contribution in [3.8, 4) is 11.8 Å². The number of benzene rings is 2. The average Bonchev–Trinajstić information content (AvgIpc) is 2.54. The highest BCUT2D eigenvalue weighted by Crippen LogP contribution is 2.10. The molecule has 0 atom stereocenters. The number of aryl methyl sites for hydroxylation is 1. The molecule has 4 heteroatoms. The van der Waals surface area contributed by atoms with Gasteiger partial charge in [0.15, 0.2) is 0 Å². The average molecular weight is 315 g/mol. The summed E-state index contributed by atoms with van der Waals surface area (Å²) in [5.41, 5.74) is 2.15. The van der Waals surface area contributed by atoms with Crippen LogP contribution in [0.25, 0.3) is 0 Å². The van der Waals surface area contributed by atoms with Crippen LogP contribution in [0, 0.1) is 11.8 Å². The summed E-state index contributed by atoms with van der Waals surface area (Å²) in [7, 11) is 0. The van der Waals surface area contributed by atoms with E-state index in [0.29, 0.717) is 5.56 Å². The molecule has 0 heterocycles. The quantitative estimate of drug-likeness (QED) is 0.419. The summed E-state index contributed by atoms with van der Waals surface area (Å²) >= 11 is 0. The van der Waals surface area contributed by atoms with Gasteiger partial charge in [-0.2, -0.15) is 0 Å². The molecule has 0 saturated heterocycles. The van der Waals surface area contributed by atoms with Gasteiger partial charge in [-0.05, 0) is 42.7 Å². The highest BCUT2D eigenvalue weighted by atomic mass is 19.4. The van der Waals surface area contributed by atoms with Crippen molar-refractivity contribution in [1.82, 2.24) is 0 Å². The fourth-order valence-electron chi connectivity index (χ4n) is 2.26. The molecule has 0 fully saturated rings. The Kier molecular flexibility index (Phi) is 5.93. The molecule has 0 aromatic heterocycles. The first-order valence-electron chi connectivity index (χ1n) is 7.90. The van der Waals surface area contributed by atoms with Gasteiger partial charge in [0, 0.05) is 11.1 Å². The van der Waals surface area contributed by atoms with Crippen LogP contribution in [0.2, 0.25) is 0 Å². The van der Waals surface area contributed by atoms with Gasteiger partial charge >= 0.3 is 6.98 Å². The molecule has 0 bridgehead atoms. The second-order valence-corrected chi connectivity index (χ2v) is 5.60. The summed E-state index contributed by atoms with van der Waals surface area (Å²) in [6.45, 7) is -2.76. The van der Waals surface area contributed by atoms with E-state index in [2.05, 4.69) is 30.9 Å². The van der Waals surface area contributed by atoms with Crippen molar-refractivity contribution in [2.45, 2.75) is 32.6 Å². The Morgan fingerprint density at radius 1 is 0.783 bits per heavy atom. The van der Waals surface area contributed by atoms with Crippen molar-refractivity contribution in [2.24, 2.45) is 0 Å². The molecule has 0 nitrogen and oxygen atoms in total. The Morgan fingerprint density at radius 2 is 1.30 bits per heavy atom. The van der Waals surface area contributed by atoms with Crippen molar-refractivity contribution in [3.63, 3.8) is 0 Å². The van der Waals surface area contributed by atoms with Gasteiger partial charge in [-0.1, -0.05) is 55.9 Å². The normalized spacial score (nSPS) is 11.0. The van der Waals surface area contributed by atoms with Crippen LogP contribution in [-0.4, -0.2) is 6.98 Å². The predicted octanol–water partition coefficient (Wildman–Crippen LogP) is 4.87. The third-order valence-electron chi connectivity index (χ3n) is 3.66. The van der Waals surface area contributed by atoms with Gasteiger partial charge in [-0.3, -0.25) is 0 Å². The first-order valence-corrected chi connectivity index (χ1v) is 7.90. The van der Waals surface area contributed by atoms with E-state index in [1.807, 2.05) is 12.1 Å². The summed E-state index contributed by atoms with van der Waals surface area (Å²) in [6.07, 6.45) is 4.70. The second kappa shape index (κ2) is 7.92. The zero-order valence-corrected chi connectivity index (χ0v) is 13.2. The van der Waals surface area contributed by atoms with Crippen molar-refractivity contribution >= 4 is 12.4 Å². The van der Waals surface area contributed by atoms with E-state index in [4.69, 9.17) is 0 Å². The van der Waals surface area contributed by atoms with Crippen molar-refractivity contribution in [2.75, 3.05) is 0 Å². The number of hydrogen-bond donors (Lipinski definition) is 0. The minimum atomic E-state index is -4.94. The summed E-state index contributed by atoms with van der Waals surface area (Å²) in [5, 5.41) is 0. The summed E-state index contributed by atoms with van der Waals surface area (Å²) in [6, 6.07) is 13.0. The molecule has 23 heavy (non-hydrogen) atoms. The number of halogens is 3. The van der Waals surface area contributed by atoms with Crippen molar-refractivity contribution in [1.29, 1.82) is 0 Å². The van der Waals surface area contributed by atoms with Crippen LogP contribution < -0.4 is 5.46 Å². The molecule has 0 amide bonds. The van der Waals surface area contributed by atoms with Crippen LogP contribution in [0.3, 0.4) is 0 Å². The Hall–Kier alpha value is -2.15. The molecular formula is C19H19BF3-. The van der Waals surface area contributed by atoms with Crippen LogP contribution in [0.15, 0.2) is 48.5 Å². The number of rotatable bonds is 5. The summed E-state index contributed by atoms with van der Waals surface area (Å²) in [4.78, 5) is 0. The highest BCUT2D eigenvalue weighted by Gasteiger charge is 2.24. The van der Waals surface area contributed by atoms with Crippen molar-refractivity contribution in [3.05, 3.63) is 65.2 Å². The van der Waals surface area contributed by atoms with E-state index in [-0.39, 0.29) is 0 Å². The maximum Gasteiger partial charge on any atom is 0.509 e. The lowest BCUT2D eigenvalue weighted by Gasteiger charge is -2.13. The van der Waals surface area contributed by atoms with Crippen molar-refractivity contribution < 1.29 is 12.9 Å². The standard InChI is InChI=1S/C19H19BF3/c1-2-3-4-5-16-6-8-17(9-7-16)10-11-18-12-14-19(15-13-18)20(21,22)23/h6-9,12-15H,2-5H2,1H3/q-1. The van der Waals surface area contributed by atoms with E-state index < -0.39 is 12.4 Å². The molecule has 0 aliphatic heterocycles. The molecule has 2 rings (SSSR count). The monoisotopic (exact) mass is 315 g/mol. The molecule has 0 N–H and O–H groups in total. The Morgan fingerprint density at radius 3 is 1.78 bits per heavy atom. The lowest BCUT2D eigenvalue weighted by Crippen LogP contribution is -2.33. The van der Waals surface area contributed by atoms with E-state index in [9.17, 15) is 12.9 Å². The SMILES string of the molecule is CCCCCc1ccc(C#Cc2ccc([B-](F)(F)F)cc2)cc1. The third-order valence-corrected chi connectivity index (χ3v) is 3.66. The molecule has 0 aliphatic rings. The van der Waals surface area contributed by atoms with E-state index >= 15 is 0 Å². The number of hydrogen-bond acceptors (Lipinski definition) is 0. The lowest BCUT2D eigenvalue weighted by atomic mass is 9.80. The third kappa shape index (κ3) is 5.52. The van der Waals surface area contributed by atoms with Crippen LogP contribution in [0.1, 0.15) is 42.9 Å². The van der Waals surface area contributed by atoms with E-state index in [0.717, 1.165) is 24.1 Å². The number of unbranched alkanes of at least 4 members (excludes halogenated alkanes) is 2. The molecule has 0 unspecified atom stereocenters. The first-order chi connectivity index (χ1) is 11.0. The second-order valence-electron chi connectivity index (χ2n) is 5.60. The van der Waals surface area contributed by atoms with Gasteiger partial charge in [0.05, 0.1) is 0 Å². The molecule has 0 aliphatic carbocycles. The zero-order chi connectivity index (χ0) is 16.7. The highest BCUT2D eigenvalue weighted by molar-refractivity contribution is 6.73. The molecule has 120 valence electrons. The van der Waals surface area contributed by atoms with Gasteiger partial charge in [0.25, 0.3) is 0 Å². The Balaban J connectivity index is 2.01. The van der Waals surface area contributed by atoms with Crippen LogP contribution in [0.4, 0.5) is 12.9 Å². The van der Waals surface area contributed by atoms with Crippen LogP contribution >= 0.6 is 0 Å². The maximum absolute atomic E-state index is 12.5. The van der Waals surface area contributed by atoms with Gasteiger partial charge < -0.3 is 12.9 Å². The summed E-state index contributed by atoms with van der Waals surface area (Å²) in [5.74, 6) is 5.89. The van der Waals surface area contributed by atoms with Crippen LogP contribution in [0.5, 0.6) is 0 Å². The molecule has 2 aromatic rings. The summed E-state index contributed by atoms with van der Waals surface area (Å²) < 4.78 is 37.6. The smallest absolute Gasteiger partial charge is 0.445 e. The van der Waals surface area contributed by atoms with Gasteiger partial charge in [-0.15, -0.1) is 5.46 Å². The molecule has 0 saturated carbocycles. The van der Waals surface area contributed by atoms with Gasteiger partial charge in [0.1, 0.15) is 0 Å². The molecule has 0 radical (unpaired) electrons. The maximum atomic E-state index is 12.5. The lowest BCUT2D eigenvalue weighted by molar-refractivity contribution is 0.501. The van der Waals surface area contributed by atoms with Gasteiger partial charge in [0.2, 0.25) is 0 Å². The zero-order valence-electron chi connectivity index (χ0n) is 13.2. The molecule has 2 aromatic carbocycles. The minimum Gasteiger partial charge on any atom is -0.445 e. The first kappa shape index (κ1) is 17.2. The fourth-order valence-corrected chi connectivity index (χ4v) is 2.26. The van der Waals surface area contributed by atoms with Gasteiger partial charge in [-0.25, -0.2) is 0 Å². The topological polar surface area (TPSA) is 0 Å². The fraction of sp³-hybridized carbons (Fsp3) is 0.263. The Bertz CT molecular complexity index is 674. The van der Waals surface area contributed by atoms with E-state index in [1.54, 1.807) is 0 Å². The predicted molar refractivity (Wildman–Crippen MR) is 90.8 cm³/mol. The largest absolute Gasteiger partial charge is 0.509 e. The molecular weight excluding hydrogens is 296 g/mol. The van der Waals surface area contributed by atoms with E-state index in [1.165, 1.54) is 37.0 Å². The van der Waals surface area contributed by atoms with Crippen LogP contribution in [-0.2, 0) is 6.42 Å².